The van der Waals surface area contributed by atoms with E-state index in [0.717, 1.165) is 27.9 Å². The van der Waals surface area contributed by atoms with Crippen LogP contribution < -0.4 is 5.73 Å². The monoisotopic (exact) mass is 564 g/mol. The van der Waals surface area contributed by atoms with Crippen molar-refractivity contribution in [1.29, 1.82) is 0 Å². The van der Waals surface area contributed by atoms with Gasteiger partial charge in [0.2, 0.25) is 0 Å². The molecule has 0 aliphatic heterocycles. The molecular formula is C37H32N4S. The number of nitrogens with two attached hydrogens (primary N) is 1. The Morgan fingerprint density at radius 2 is 1.24 bits per heavy atom. The summed E-state index contributed by atoms with van der Waals surface area (Å²) in [5.41, 5.74) is 13.7. The summed E-state index contributed by atoms with van der Waals surface area (Å²) in [5.74, 6) is 0. The number of allylic oxidation sites excluding steroid dienone is 1. The maximum Gasteiger partial charge on any atom is 0.0963 e. The molecule has 42 heavy (non-hydrogen) atoms. The molecule has 0 spiro atoms. The Bertz CT molecular complexity index is 2100. The number of fused-ring (bicyclic) bond motifs is 6. The van der Waals surface area contributed by atoms with Crippen LogP contribution in [0.3, 0.4) is 0 Å². The zero-order valence-corrected chi connectivity index (χ0v) is 24.6. The second kappa shape index (κ2) is 11.9. The minimum atomic E-state index is 1.03. The summed E-state index contributed by atoms with van der Waals surface area (Å²) in [5, 5.41) is 5.83. The number of nitrogens with zero attached hydrogens (tertiary/aromatic N) is 3. The molecule has 206 valence electrons. The molecule has 4 aromatic carbocycles. The molecule has 0 amide bonds. The first-order valence-electron chi connectivity index (χ1n) is 14.0. The standard InChI is InChI=1S/C33H21N3S.C3H6.CH5N/c1-3-12-28-25(10-1)26-11-2-4-13-29(26)35(28)23-8-5-9-24(21-23)36-30-17-16-22(32-15-7-19-37-32)20-27(30)33-31(36)14-6-18-34-33;1-3-2;1-2/h1-21H;3H,1H2,2H3;2H2,1H3. The van der Waals surface area contributed by atoms with Crippen molar-refractivity contribution in [2.75, 3.05) is 7.05 Å². The predicted molar refractivity (Wildman–Crippen MR) is 182 cm³/mol. The number of benzene rings is 4. The molecule has 8 aromatic rings. The molecule has 0 fully saturated rings. The molecule has 2 N–H and O–H groups in total. The molecule has 0 atom stereocenters. The van der Waals surface area contributed by atoms with Crippen molar-refractivity contribution >= 4 is 55.1 Å². The van der Waals surface area contributed by atoms with Gasteiger partial charge in [-0.15, -0.1) is 17.9 Å². The summed E-state index contributed by atoms with van der Waals surface area (Å²) in [6, 6.07) is 41.3. The summed E-state index contributed by atoms with van der Waals surface area (Å²) in [4.78, 5) is 6.08. The van der Waals surface area contributed by atoms with Crippen molar-refractivity contribution in [2.45, 2.75) is 6.92 Å². The number of thiophene rings is 1. The Kier molecular flexibility index (Phi) is 7.69. The number of aromatic nitrogens is 3. The summed E-state index contributed by atoms with van der Waals surface area (Å²) in [7, 11) is 1.50. The lowest BCUT2D eigenvalue weighted by Crippen LogP contribution is -1.98. The molecule has 4 aromatic heterocycles. The van der Waals surface area contributed by atoms with Crippen LogP contribution >= 0.6 is 11.3 Å². The van der Waals surface area contributed by atoms with E-state index in [-0.39, 0.29) is 0 Å². The van der Waals surface area contributed by atoms with Crippen LogP contribution in [0.15, 0.2) is 139 Å². The van der Waals surface area contributed by atoms with E-state index in [9.17, 15) is 0 Å². The summed E-state index contributed by atoms with van der Waals surface area (Å²) in [6.07, 6.45) is 3.64. The fourth-order valence-electron chi connectivity index (χ4n) is 5.68. The summed E-state index contributed by atoms with van der Waals surface area (Å²) < 4.78 is 4.71. The van der Waals surface area contributed by atoms with Gasteiger partial charge in [0, 0.05) is 38.6 Å². The van der Waals surface area contributed by atoms with Gasteiger partial charge in [0.25, 0.3) is 0 Å². The fraction of sp³-hybridized carbons (Fsp3) is 0.0541. The molecule has 8 rings (SSSR count). The van der Waals surface area contributed by atoms with E-state index in [1.54, 1.807) is 17.4 Å². The van der Waals surface area contributed by atoms with Crippen LogP contribution in [0.5, 0.6) is 0 Å². The van der Waals surface area contributed by atoms with Crippen molar-refractivity contribution in [3.8, 4) is 21.8 Å². The molecule has 4 heterocycles. The zero-order chi connectivity index (χ0) is 29.1. The first-order valence-corrected chi connectivity index (χ1v) is 14.8. The van der Waals surface area contributed by atoms with E-state index in [4.69, 9.17) is 4.98 Å². The molecule has 0 saturated heterocycles. The molecule has 0 bridgehead atoms. The van der Waals surface area contributed by atoms with E-state index in [0.29, 0.717) is 0 Å². The first-order chi connectivity index (χ1) is 20.8. The largest absolute Gasteiger partial charge is 0.333 e. The highest BCUT2D eigenvalue weighted by Crippen LogP contribution is 2.36. The third-order valence-corrected chi connectivity index (χ3v) is 8.17. The van der Waals surface area contributed by atoms with E-state index in [1.165, 1.54) is 44.7 Å². The second-order valence-corrected chi connectivity index (χ2v) is 10.7. The highest BCUT2D eigenvalue weighted by molar-refractivity contribution is 7.13. The Morgan fingerprint density at radius 3 is 1.88 bits per heavy atom. The van der Waals surface area contributed by atoms with E-state index in [2.05, 4.69) is 136 Å². The van der Waals surface area contributed by atoms with Gasteiger partial charge in [-0.05, 0) is 85.6 Å². The van der Waals surface area contributed by atoms with Crippen molar-refractivity contribution in [2.24, 2.45) is 5.73 Å². The second-order valence-electron chi connectivity index (χ2n) is 9.71. The van der Waals surface area contributed by atoms with Crippen molar-refractivity contribution < 1.29 is 0 Å². The third kappa shape index (κ3) is 4.59. The van der Waals surface area contributed by atoms with Gasteiger partial charge in [-0.1, -0.05) is 60.7 Å². The van der Waals surface area contributed by atoms with Crippen LogP contribution in [0, 0.1) is 0 Å². The SMILES string of the molecule is C=CC.CN.c1cc(-n2c3ccccc3c3ccccc32)cc(-n2c3ccc(-c4cccs4)cc3c3ncccc32)c1. The maximum absolute atomic E-state index is 4.81. The smallest absolute Gasteiger partial charge is 0.0963 e. The molecule has 0 aliphatic rings. The predicted octanol–water partition coefficient (Wildman–Crippen LogP) is 9.77. The average Bonchev–Trinajstić information content (AvgIpc) is 3.78. The topological polar surface area (TPSA) is 48.8 Å². The van der Waals surface area contributed by atoms with Crippen LogP contribution in [0.2, 0.25) is 0 Å². The highest BCUT2D eigenvalue weighted by atomic mass is 32.1. The van der Waals surface area contributed by atoms with Gasteiger partial charge in [-0.3, -0.25) is 4.98 Å². The average molecular weight is 565 g/mol. The molecule has 0 unspecified atom stereocenters. The van der Waals surface area contributed by atoms with Gasteiger partial charge in [0.05, 0.1) is 27.6 Å². The number of rotatable bonds is 3. The lowest BCUT2D eigenvalue weighted by molar-refractivity contribution is 1.13. The zero-order valence-electron chi connectivity index (χ0n) is 23.7. The van der Waals surface area contributed by atoms with Gasteiger partial charge in [0.1, 0.15) is 0 Å². The molecule has 5 heteroatoms. The molecule has 0 saturated carbocycles. The first kappa shape index (κ1) is 27.2. The summed E-state index contributed by atoms with van der Waals surface area (Å²) >= 11 is 1.77. The number of para-hydroxylation sites is 2. The Morgan fingerprint density at radius 1 is 0.643 bits per heavy atom. The Hall–Kier alpha value is -4.97. The van der Waals surface area contributed by atoms with E-state index < -0.39 is 0 Å². The minimum Gasteiger partial charge on any atom is -0.333 e. The quantitative estimate of drug-likeness (QED) is 0.217. The normalized spacial score (nSPS) is 10.8. The number of hydrogen-bond acceptors (Lipinski definition) is 3. The van der Waals surface area contributed by atoms with Crippen LogP contribution in [0.4, 0.5) is 0 Å². The van der Waals surface area contributed by atoms with Gasteiger partial charge >= 0.3 is 0 Å². The summed E-state index contributed by atoms with van der Waals surface area (Å²) in [6.45, 7) is 5.25. The van der Waals surface area contributed by atoms with Gasteiger partial charge in [-0.2, -0.15) is 0 Å². The molecule has 0 radical (unpaired) electrons. The minimum absolute atomic E-state index is 1.03. The van der Waals surface area contributed by atoms with E-state index >= 15 is 0 Å². The Labute approximate surface area is 249 Å². The van der Waals surface area contributed by atoms with Crippen LogP contribution in [0.1, 0.15) is 6.92 Å². The van der Waals surface area contributed by atoms with Crippen LogP contribution in [-0.2, 0) is 0 Å². The van der Waals surface area contributed by atoms with Gasteiger partial charge in [-0.25, -0.2) is 0 Å². The van der Waals surface area contributed by atoms with Crippen molar-refractivity contribution in [1.82, 2.24) is 14.1 Å². The van der Waals surface area contributed by atoms with Gasteiger partial charge in [0.15, 0.2) is 0 Å². The maximum atomic E-state index is 4.81. The Balaban J connectivity index is 0.000000596. The molecule has 0 aliphatic carbocycles. The van der Waals surface area contributed by atoms with Crippen molar-refractivity contribution in [3.05, 3.63) is 139 Å². The van der Waals surface area contributed by atoms with E-state index in [1.807, 2.05) is 19.2 Å². The number of hydrogen-bond donors (Lipinski definition) is 1. The van der Waals surface area contributed by atoms with Crippen LogP contribution in [-0.4, -0.2) is 21.2 Å². The fourth-order valence-corrected chi connectivity index (χ4v) is 6.41. The number of pyridine rings is 1. The molecular weight excluding hydrogens is 533 g/mol. The van der Waals surface area contributed by atoms with Gasteiger partial charge < -0.3 is 14.9 Å². The molecule has 4 nitrogen and oxygen atoms in total. The lowest BCUT2D eigenvalue weighted by Gasteiger charge is -2.12. The highest BCUT2D eigenvalue weighted by Gasteiger charge is 2.16. The lowest BCUT2D eigenvalue weighted by atomic mass is 10.1. The van der Waals surface area contributed by atoms with Crippen molar-refractivity contribution in [3.63, 3.8) is 0 Å². The third-order valence-electron chi connectivity index (χ3n) is 7.25. The van der Waals surface area contributed by atoms with Crippen LogP contribution in [0.25, 0.3) is 65.6 Å².